The van der Waals surface area contributed by atoms with E-state index >= 15 is 0 Å². The highest BCUT2D eigenvalue weighted by Gasteiger charge is 2.24. The third-order valence-electron chi connectivity index (χ3n) is 6.53. The van der Waals surface area contributed by atoms with Gasteiger partial charge in [0.1, 0.15) is 5.82 Å². The Bertz CT molecular complexity index is 1470. The lowest BCUT2D eigenvalue weighted by Gasteiger charge is -2.35. The summed E-state index contributed by atoms with van der Waals surface area (Å²) in [6, 6.07) is 9.25. The van der Waals surface area contributed by atoms with Crippen molar-refractivity contribution in [1.82, 2.24) is 24.5 Å². The van der Waals surface area contributed by atoms with Gasteiger partial charge in [-0.3, -0.25) is 4.79 Å². The molecule has 192 valence electrons. The summed E-state index contributed by atoms with van der Waals surface area (Å²) in [7, 11) is 1.77. The van der Waals surface area contributed by atoms with Gasteiger partial charge in [0.05, 0.1) is 40.7 Å². The molecule has 1 aliphatic heterocycles. The lowest BCUT2D eigenvalue weighted by molar-refractivity contribution is -0.00573. The van der Waals surface area contributed by atoms with E-state index in [2.05, 4.69) is 45.1 Å². The van der Waals surface area contributed by atoms with Gasteiger partial charge >= 0.3 is 0 Å². The van der Waals surface area contributed by atoms with Crippen LogP contribution >= 0.6 is 11.6 Å². The summed E-state index contributed by atoms with van der Waals surface area (Å²) in [5.74, 6) is 1.31. The molecule has 10 heteroatoms. The minimum atomic E-state index is -0.183. The van der Waals surface area contributed by atoms with Gasteiger partial charge in [0.2, 0.25) is 5.95 Å². The number of nitrogens with zero attached hydrogens (tertiary/aromatic N) is 6. The minimum Gasteiger partial charge on any atom is -0.375 e. The summed E-state index contributed by atoms with van der Waals surface area (Å²) >= 11 is 6.53. The number of aryl methyl sites for hydroxylation is 1. The first kappa shape index (κ1) is 25.1. The zero-order chi connectivity index (χ0) is 26.1. The number of halogens is 1. The van der Waals surface area contributed by atoms with Crippen molar-refractivity contribution >= 4 is 34.1 Å². The van der Waals surface area contributed by atoms with Gasteiger partial charge in [-0.05, 0) is 44.5 Å². The first-order chi connectivity index (χ1) is 17.8. The third kappa shape index (κ3) is 5.42. The molecule has 9 nitrogen and oxygen atoms in total. The molecule has 5 rings (SSSR count). The Labute approximate surface area is 220 Å². The highest BCUT2D eigenvalue weighted by molar-refractivity contribution is 6.31. The van der Waals surface area contributed by atoms with Crippen LogP contribution in [0.5, 0.6) is 0 Å². The Morgan fingerprint density at radius 3 is 2.59 bits per heavy atom. The molecular formula is C27H30ClN7O2. The first-order valence-electron chi connectivity index (χ1n) is 12.4. The fourth-order valence-corrected chi connectivity index (χ4v) is 4.93. The van der Waals surface area contributed by atoms with Gasteiger partial charge in [0.15, 0.2) is 0 Å². The molecule has 4 heterocycles. The molecule has 4 aromatic rings. The number of pyridine rings is 1. The summed E-state index contributed by atoms with van der Waals surface area (Å²) in [6.07, 6.45) is 5.82. The average molecular weight is 520 g/mol. The van der Waals surface area contributed by atoms with Crippen molar-refractivity contribution in [3.63, 3.8) is 0 Å². The van der Waals surface area contributed by atoms with Crippen molar-refractivity contribution in [2.24, 2.45) is 7.05 Å². The highest BCUT2D eigenvalue weighted by atomic mass is 35.5. The predicted octanol–water partition coefficient (Wildman–Crippen LogP) is 4.15. The van der Waals surface area contributed by atoms with Gasteiger partial charge in [-0.25, -0.2) is 19.9 Å². The molecule has 37 heavy (non-hydrogen) atoms. The molecule has 1 saturated heterocycles. The van der Waals surface area contributed by atoms with E-state index in [1.54, 1.807) is 42.3 Å². The number of morpholine rings is 1. The maximum absolute atomic E-state index is 12.7. The predicted molar refractivity (Wildman–Crippen MR) is 145 cm³/mol. The highest BCUT2D eigenvalue weighted by Crippen LogP contribution is 2.28. The molecule has 3 aromatic heterocycles. The average Bonchev–Trinajstić information content (AvgIpc) is 2.88. The van der Waals surface area contributed by atoms with Crippen LogP contribution in [0.3, 0.4) is 0 Å². The number of aromatic nitrogens is 5. The number of ether oxygens (including phenoxy) is 1. The van der Waals surface area contributed by atoms with E-state index in [-0.39, 0.29) is 23.8 Å². The summed E-state index contributed by atoms with van der Waals surface area (Å²) in [4.78, 5) is 32.8. The number of hydrogen-bond donors (Lipinski definition) is 1. The van der Waals surface area contributed by atoms with Crippen molar-refractivity contribution in [2.75, 3.05) is 23.3 Å². The zero-order valence-electron chi connectivity index (χ0n) is 21.3. The van der Waals surface area contributed by atoms with E-state index in [4.69, 9.17) is 21.3 Å². The Kier molecular flexibility index (Phi) is 7.08. The molecule has 1 N–H and O–H groups in total. The van der Waals surface area contributed by atoms with Crippen molar-refractivity contribution in [3.05, 3.63) is 81.4 Å². The molecular weight excluding hydrogens is 490 g/mol. The molecule has 0 bridgehead atoms. The largest absolute Gasteiger partial charge is 0.375 e. The fourth-order valence-electron chi connectivity index (χ4n) is 4.77. The van der Waals surface area contributed by atoms with Gasteiger partial charge in [0.25, 0.3) is 5.56 Å². The molecule has 1 aliphatic rings. The van der Waals surface area contributed by atoms with Gasteiger partial charge in [-0.2, -0.15) is 0 Å². The summed E-state index contributed by atoms with van der Waals surface area (Å²) in [5, 5.41) is 4.86. The van der Waals surface area contributed by atoms with Crippen molar-refractivity contribution in [3.8, 4) is 0 Å². The molecule has 0 amide bonds. The topological polar surface area (TPSA) is 98.1 Å². The van der Waals surface area contributed by atoms with Crippen LogP contribution in [0.1, 0.15) is 43.9 Å². The summed E-state index contributed by atoms with van der Waals surface area (Å²) < 4.78 is 7.50. The Balaban J connectivity index is 1.47. The quantitative estimate of drug-likeness (QED) is 0.405. The van der Waals surface area contributed by atoms with Crippen LogP contribution in [-0.2, 0) is 18.2 Å². The zero-order valence-corrected chi connectivity index (χ0v) is 22.1. The number of fused-ring (bicyclic) bond motifs is 1. The molecule has 0 spiro atoms. The van der Waals surface area contributed by atoms with Crippen molar-refractivity contribution < 1.29 is 4.74 Å². The van der Waals surface area contributed by atoms with E-state index in [9.17, 15) is 4.79 Å². The van der Waals surface area contributed by atoms with Gasteiger partial charge < -0.3 is 19.5 Å². The fraction of sp³-hybridized carbons (Fsp3) is 0.370. The van der Waals surface area contributed by atoms with E-state index in [1.807, 2.05) is 19.1 Å². The Morgan fingerprint density at radius 2 is 1.86 bits per heavy atom. The SMILES string of the molecule is CC(Nc1cc(=O)n(C)c2ccc(Cc3nc(N4C[C@@H](C)O[C@@H](C)C4)ncc3Cl)cc12)c1ncccn1. The van der Waals surface area contributed by atoms with Crippen LogP contribution in [0.4, 0.5) is 11.6 Å². The molecule has 0 radical (unpaired) electrons. The van der Waals surface area contributed by atoms with Crippen LogP contribution < -0.4 is 15.8 Å². The third-order valence-corrected chi connectivity index (χ3v) is 6.85. The maximum atomic E-state index is 12.7. The minimum absolute atomic E-state index is 0.0959. The Hall–Kier alpha value is -3.56. The smallest absolute Gasteiger partial charge is 0.252 e. The van der Waals surface area contributed by atoms with E-state index < -0.39 is 0 Å². The van der Waals surface area contributed by atoms with Crippen LogP contribution in [0, 0.1) is 0 Å². The van der Waals surface area contributed by atoms with Gasteiger partial charge in [-0.15, -0.1) is 0 Å². The summed E-state index contributed by atoms with van der Waals surface area (Å²) in [6.45, 7) is 7.54. The molecule has 1 aromatic carbocycles. The van der Waals surface area contributed by atoms with Gasteiger partial charge in [-0.1, -0.05) is 17.7 Å². The molecule has 0 saturated carbocycles. The molecule has 1 fully saturated rings. The second-order valence-electron chi connectivity index (χ2n) is 9.58. The standard InChI is InChI=1S/C27H30ClN7O2/c1-16-14-35(15-17(2)37-16)27-31-13-21(28)23(33-27)11-19-6-7-24-20(10-19)22(12-25(36)34(24)4)32-18(3)26-29-8-5-9-30-26/h5-10,12-13,16-18,32H,11,14-15H2,1-4H3/t16-,17+,18?. The normalized spacial score (nSPS) is 18.7. The number of benzene rings is 1. The maximum Gasteiger partial charge on any atom is 0.252 e. The van der Waals surface area contributed by atoms with E-state index in [1.165, 1.54) is 0 Å². The monoisotopic (exact) mass is 519 g/mol. The van der Waals surface area contributed by atoms with Crippen molar-refractivity contribution in [1.29, 1.82) is 0 Å². The lowest BCUT2D eigenvalue weighted by Crippen LogP contribution is -2.46. The van der Waals surface area contributed by atoms with Crippen LogP contribution in [0.25, 0.3) is 10.9 Å². The number of nitrogens with one attached hydrogen (secondary N) is 1. The summed E-state index contributed by atoms with van der Waals surface area (Å²) in [5.41, 5.74) is 3.23. The van der Waals surface area contributed by atoms with Crippen LogP contribution in [-0.4, -0.2) is 49.8 Å². The number of hydrogen-bond acceptors (Lipinski definition) is 8. The van der Waals surface area contributed by atoms with Gasteiger partial charge in [0, 0.05) is 56.1 Å². The second-order valence-corrected chi connectivity index (χ2v) is 9.99. The molecule has 1 unspecified atom stereocenters. The molecule has 0 aliphatic carbocycles. The Morgan fingerprint density at radius 1 is 1.14 bits per heavy atom. The number of anilines is 2. The van der Waals surface area contributed by atoms with Crippen molar-refractivity contribution in [2.45, 2.75) is 45.4 Å². The second kappa shape index (κ2) is 10.4. The van der Waals surface area contributed by atoms with E-state index in [0.29, 0.717) is 23.2 Å². The first-order valence-corrected chi connectivity index (χ1v) is 12.7. The van der Waals surface area contributed by atoms with Crippen LogP contribution in [0.2, 0.25) is 5.02 Å². The van der Waals surface area contributed by atoms with Crippen LogP contribution in [0.15, 0.2) is 53.7 Å². The van der Waals surface area contributed by atoms with E-state index in [0.717, 1.165) is 40.9 Å². The molecule has 3 atom stereocenters. The lowest BCUT2D eigenvalue weighted by atomic mass is 10.0. The number of rotatable bonds is 6.